The maximum absolute atomic E-state index is 13.8. The van der Waals surface area contributed by atoms with Crippen molar-refractivity contribution >= 4 is 17.2 Å². The van der Waals surface area contributed by atoms with Gasteiger partial charge in [0.1, 0.15) is 22.3 Å². The number of nitrogens with zero attached hydrogens (tertiary/aromatic N) is 1. The summed E-state index contributed by atoms with van der Waals surface area (Å²) in [4.78, 5) is 19.5. The third-order valence-electron chi connectivity index (χ3n) is 4.09. The summed E-state index contributed by atoms with van der Waals surface area (Å²) in [5.74, 6) is -1.74. The Kier molecular flexibility index (Phi) is 5.64. The number of hydrogen-bond donors (Lipinski definition) is 4. The lowest BCUT2D eigenvalue weighted by Crippen LogP contribution is -2.33. The number of carbonyl (C=O) groups is 1. The molecular formula is C18H18F2N4O2S. The molecule has 3 rings (SSSR count). The first-order chi connectivity index (χ1) is 12.9. The van der Waals surface area contributed by atoms with E-state index < -0.39 is 23.6 Å². The van der Waals surface area contributed by atoms with Gasteiger partial charge >= 0.3 is 0 Å². The minimum Gasteiger partial charge on any atom is -0.390 e. The summed E-state index contributed by atoms with van der Waals surface area (Å²) in [7, 11) is 0. The number of H-pyrrole nitrogens is 1. The summed E-state index contributed by atoms with van der Waals surface area (Å²) < 4.78 is 27.5. The molecule has 27 heavy (non-hydrogen) atoms. The molecule has 0 saturated carbocycles. The Bertz CT molecular complexity index is 947. The van der Waals surface area contributed by atoms with Gasteiger partial charge in [-0.1, -0.05) is 0 Å². The number of benzene rings is 1. The molecule has 6 nitrogen and oxygen atoms in total. The number of nitrogens with two attached hydrogens (primary N) is 1. The van der Waals surface area contributed by atoms with Crippen molar-refractivity contribution in [2.75, 3.05) is 6.54 Å². The van der Waals surface area contributed by atoms with Gasteiger partial charge in [0.15, 0.2) is 0 Å². The van der Waals surface area contributed by atoms with Crippen molar-refractivity contribution < 1.29 is 18.7 Å². The monoisotopic (exact) mass is 392 g/mol. The highest BCUT2D eigenvalue weighted by molar-refractivity contribution is 7.09. The van der Waals surface area contributed by atoms with E-state index in [0.717, 1.165) is 0 Å². The third-order valence-corrected chi connectivity index (χ3v) is 5.10. The van der Waals surface area contributed by atoms with E-state index in [-0.39, 0.29) is 24.4 Å². The van der Waals surface area contributed by atoms with Crippen LogP contribution in [0, 0.1) is 18.6 Å². The average Bonchev–Trinajstić information content (AvgIpc) is 3.33. The van der Waals surface area contributed by atoms with Crippen molar-refractivity contribution in [3.8, 4) is 11.3 Å². The van der Waals surface area contributed by atoms with E-state index in [0.29, 0.717) is 22.0 Å². The number of aliphatic hydroxyl groups excluding tert-OH is 1. The molecule has 142 valence electrons. The number of hydrogen-bond acceptors (Lipinski definition) is 5. The highest BCUT2D eigenvalue weighted by Gasteiger charge is 2.19. The molecule has 1 atom stereocenters. The largest absolute Gasteiger partial charge is 0.390 e. The molecule has 0 radical (unpaired) electrons. The first-order valence-corrected chi connectivity index (χ1v) is 9.02. The number of thiazole rings is 1. The summed E-state index contributed by atoms with van der Waals surface area (Å²) in [6.45, 7) is 1.30. The van der Waals surface area contributed by atoms with Gasteiger partial charge in [0.05, 0.1) is 18.3 Å². The zero-order valence-electron chi connectivity index (χ0n) is 14.4. The van der Waals surface area contributed by atoms with Crippen LogP contribution in [0.15, 0.2) is 29.6 Å². The predicted molar refractivity (Wildman–Crippen MR) is 98.2 cm³/mol. The van der Waals surface area contributed by atoms with E-state index in [1.807, 2.05) is 0 Å². The maximum atomic E-state index is 13.8. The molecule has 2 heterocycles. The van der Waals surface area contributed by atoms with Gasteiger partial charge in [-0.3, -0.25) is 4.79 Å². The predicted octanol–water partition coefficient (Wildman–Crippen LogP) is 2.65. The van der Waals surface area contributed by atoms with Gasteiger partial charge in [-0.15, -0.1) is 11.3 Å². The summed E-state index contributed by atoms with van der Waals surface area (Å²) in [6.07, 6.45) is 0. The molecule has 1 aromatic carbocycles. The summed E-state index contributed by atoms with van der Waals surface area (Å²) in [6, 6.07) is 5.00. The number of rotatable bonds is 6. The second-order valence-corrected chi connectivity index (χ2v) is 6.84. The zero-order chi connectivity index (χ0) is 19.6. The highest BCUT2D eigenvalue weighted by atomic mass is 32.1. The lowest BCUT2D eigenvalue weighted by molar-refractivity contribution is 0.0933. The molecule has 0 saturated heterocycles. The van der Waals surface area contributed by atoms with E-state index >= 15 is 0 Å². The van der Waals surface area contributed by atoms with Gasteiger partial charge in [-0.25, -0.2) is 13.8 Å². The molecule has 0 aliphatic rings. The smallest absolute Gasteiger partial charge is 0.268 e. The van der Waals surface area contributed by atoms with Crippen LogP contribution in [-0.2, 0) is 6.61 Å². The molecule has 2 aromatic heterocycles. The highest BCUT2D eigenvalue weighted by Crippen LogP contribution is 2.24. The van der Waals surface area contributed by atoms with Gasteiger partial charge in [0.2, 0.25) is 0 Å². The Balaban J connectivity index is 1.78. The average molecular weight is 392 g/mol. The van der Waals surface area contributed by atoms with E-state index in [1.54, 1.807) is 11.4 Å². The molecule has 5 N–H and O–H groups in total. The number of aromatic nitrogens is 2. The fourth-order valence-electron chi connectivity index (χ4n) is 2.51. The van der Waals surface area contributed by atoms with Crippen molar-refractivity contribution in [1.82, 2.24) is 15.3 Å². The van der Waals surface area contributed by atoms with Crippen LogP contribution in [0.4, 0.5) is 8.78 Å². The molecule has 0 aliphatic heterocycles. The minimum absolute atomic E-state index is 0.0558. The van der Waals surface area contributed by atoms with Gasteiger partial charge in [-0.05, 0) is 31.2 Å². The van der Waals surface area contributed by atoms with Crippen LogP contribution in [0.5, 0.6) is 0 Å². The number of aliphatic hydroxyl groups is 1. The standard InChI is InChI=1S/C18H18F2N4O2S/c1-9-12(19)4-10(5-13(9)20)14-2-3-15(23-14)17(26)24-16(6-21)18-22-11(7-25)8-27-18/h2-5,8,16,23,25H,6-7,21H2,1H3,(H,24,26). The Morgan fingerprint density at radius 3 is 2.67 bits per heavy atom. The molecule has 3 aromatic rings. The van der Waals surface area contributed by atoms with Crippen molar-refractivity contribution in [3.05, 3.63) is 63.2 Å². The first-order valence-electron chi connectivity index (χ1n) is 8.14. The Morgan fingerprint density at radius 2 is 2.07 bits per heavy atom. The Hall–Kier alpha value is -2.62. The fraction of sp³-hybridized carbons (Fsp3) is 0.222. The van der Waals surface area contributed by atoms with Gasteiger partial charge < -0.3 is 21.1 Å². The number of nitrogens with one attached hydrogen (secondary N) is 2. The Morgan fingerprint density at radius 1 is 1.37 bits per heavy atom. The van der Waals surface area contributed by atoms with Crippen LogP contribution in [-0.4, -0.2) is 27.5 Å². The fourth-order valence-corrected chi connectivity index (χ4v) is 3.38. The molecule has 0 fully saturated rings. The van der Waals surface area contributed by atoms with Crippen molar-refractivity contribution in [1.29, 1.82) is 0 Å². The zero-order valence-corrected chi connectivity index (χ0v) is 15.2. The van der Waals surface area contributed by atoms with E-state index in [4.69, 9.17) is 10.8 Å². The number of halogens is 2. The summed E-state index contributed by atoms with van der Waals surface area (Å²) in [5, 5.41) is 14.1. The van der Waals surface area contributed by atoms with Crippen molar-refractivity contribution in [3.63, 3.8) is 0 Å². The quantitative estimate of drug-likeness (QED) is 0.518. The topological polar surface area (TPSA) is 104 Å². The van der Waals surface area contributed by atoms with Crippen LogP contribution < -0.4 is 11.1 Å². The van der Waals surface area contributed by atoms with Gasteiger partial charge in [0, 0.05) is 28.7 Å². The number of amides is 1. The SMILES string of the molecule is Cc1c(F)cc(-c2ccc(C(=O)NC(CN)c3nc(CO)cs3)[nH]2)cc1F. The maximum Gasteiger partial charge on any atom is 0.268 e. The molecule has 0 aliphatic carbocycles. The molecular weight excluding hydrogens is 374 g/mol. The summed E-state index contributed by atoms with van der Waals surface area (Å²) >= 11 is 1.29. The lowest BCUT2D eigenvalue weighted by Gasteiger charge is -2.13. The van der Waals surface area contributed by atoms with Gasteiger partial charge in [-0.2, -0.15) is 0 Å². The van der Waals surface area contributed by atoms with E-state index in [2.05, 4.69) is 15.3 Å². The van der Waals surface area contributed by atoms with Crippen LogP contribution in [0.1, 0.15) is 32.8 Å². The second-order valence-electron chi connectivity index (χ2n) is 5.95. The normalized spacial score (nSPS) is 12.2. The Labute approximate surface area is 158 Å². The number of carbonyl (C=O) groups excluding carboxylic acids is 1. The van der Waals surface area contributed by atoms with Crippen molar-refractivity contribution in [2.24, 2.45) is 5.73 Å². The van der Waals surface area contributed by atoms with Crippen molar-refractivity contribution in [2.45, 2.75) is 19.6 Å². The molecule has 9 heteroatoms. The van der Waals surface area contributed by atoms with Crippen LogP contribution in [0.2, 0.25) is 0 Å². The van der Waals surface area contributed by atoms with Crippen LogP contribution >= 0.6 is 11.3 Å². The lowest BCUT2D eigenvalue weighted by atomic mass is 10.1. The summed E-state index contributed by atoms with van der Waals surface area (Å²) in [5.41, 5.74) is 7.12. The molecule has 1 amide bonds. The third kappa shape index (κ3) is 4.05. The van der Waals surface area contributed by atoms with E-state index in [9.17, 15) is 13.6 Å². The molecule has 0 bridgehead atoms. The molecule has 1 unspecified atom stereocenters. The van der Waals surface area contributed by atoms with Crippen LogP contribution in [0.3, 0.4) is 0 Å². The first kappa shape index (κ1) is 19.2. The number of aromatic amines is 1. The second kappa shape index (κ2) is 7.95. The van der Waals surface area contributed by atoms with E-state index in [1.165, 1.54) is 36.5 Å². The van der Waals surface area contributed by atoms with Gasteiger partial charge in [0.25, 0.3) is 5.91 Å². The minimum atomic E-state index is -0.655. The molecule has 0 spiro atoms. The van der Waals surface area contributed by atoms with Crippen LogP contribution in [0.25, 0.3) is 11.3 Å².